The van der Waals surface area contributed by atoms with Crippen molar-refractivity contribution in [3.63, 3.8) is 0 Å². The molecular weight excluding hydrogens is 668 g/mol. The molecule has 3 aliphatic carbocycles. The van der Waals surface area contributed by atoms with E-state index in [0.29, 0.717) is 17.8 Å². The van der Waals surface area contributed by atoms with Crippen molar-refractivity contribution in [1.82, 2.24) is 0 Å². The average Bonchev–Trinajstić information content (AvgIpc) is 3.71. The van der Waals surface area contributed by atoms with Crippen LogP contribution in [0.5, 0.6) is 0 Å². The number of hydrogen-bond donors (Lipinski definition) is 0. The first kappa shape index (κ1) is 37.4. The van der Waals surface area contributed by atoms with Crippen molar-refractivity contribution in [3.8, 4) is 0 Å². The third-order valence-electron chi connectivity index (χ3n) is 10.7. The summed E-state index contributed by atoms with van der Waals surface area (Å²) in [5, 5.41) is 2.72. The summed E-state index contributed by atoms with van der Waals surface area (Å²) in [6, 6.07) is 26.0. The zero-order valence-electron chi connectivity index (χ0n) is 32.2. The Labute approximate surface area is 312 Å². The summed E-state index contributed by atoms with van der Waals surface area (Å²) in [6.45, 7) is 28.7. The fourth-order valence-electron chi connectivity index (χ4n) is 8.57. The molecule has 0 saturated carbocycles. The quantitative estimate of drug-likeness (QED) is 0.222. The van der Waals surface area contributed by atoms with E-state index in [4.69, 9.17) is 0 Å². The molecule has 0 bridgehead atoms. The Balaban J connectivity index is 0.000000278. The van der Waals surface area contributed by atoms with Crippen molar-refractivity contribution in [2.24, 2.45) is 22.7 Å². The standard InChI is InChI=1S/C35H47.C13H10.Zr/c1-21(2)27-19-26(33(7,8)9)17-25-18-29-28(31(25)27)20-30(22(3)4)35(23(5)6,34(10,11)12)32(29)24-15-13-14-16-24;1-3-7-12(8-4-1)11-13-9-5-2-6-10-13;/h13-15,17,19-23H,16H2,1-12H3;1-10H;/q-1;;. The first-order valence-corrected chi connectivity index (χ1v) is 19.6. The summed E-state index contributed by atoms with van der Waals surface area (Å²) in [4.78, 5) is 0. The van der Waals surface area contributed by atoms with E-state index in [9.17, 15) is 0 Å². The van der Waals surface area contributed by atoms with E-state index in [1.165, 1.54) is 82.4 Å². The van der Waals surface area contributed by atoms with Gasteiger partial charge in [-0.25, -0.2) is 0 Å². The number of fused-ring (bicyclic) bond motifs is 2. The van der Waals surface area contributed by atoms with Crippen molar-refractivity contribution in [2.45, 2.75) is 101 Å². The van der Waals surface area contributed by atoms with Crippen LogP contribution in [0.3, 0.4) is 0 Å². The average molecular weight is 725 g/mol. The van der Waals surface area contributed by atoms with Crippen molar-refractivity contribution < 1.29 is 24.2 Å². The molecule has 1 unspecified atom stereocenters. The van der Waals surface area contributed by atoms with Gasteiger partial charge in [0, 0.05) is 0 Å². The third kappa shape index (κ3) is 7.04. The van der Waals surface area contributed by atoms with Crippen LogP contribution in [0.4, 0.5) is 0 Å². The molecule has 0 amide bonds. The summed E-state index contributed by atoms with van der Waals surface area (Å²) in [7, 11) is 0. The molecule has 0 aliphatic heterocycles. The number of benzene rings is 3. The van der Waals surface area contributed by atoms with Gasteiger partial charge in [-0.1, -0.05) is 141 Å². The fourth-order valence-corrected chi connectivity index (χ4v) is 9.39. The predicted octanol–water partition coefficient (Wildman–Crippen LogP) is 11.2. The molecule has 6 rings (SSSR count). The van der Waals surface area contributed by atoms with Crippen LogP contribution in [0, 0.1) is 22.7 Å². The molecule has 3 aliphatic rings. The number of hydrogen-bond acceptors (Lipinski definition) is 0. The van der Waals surface area contributed by atoms with Gasteiger partial charge in [-0.05, 0) is 40.4 Å². The van der Waals surface area contributed by atoms with Crippen LogP contribution >= 0.6 is 0 Å². The Morgan fingerprint density at radius 2 is 1.35 bits per heavy atom. The van der Waals surface area contributed by atoms with Gasteiger partial charge < -0.3 is 0 Å². The zero-order chi connectivity index (χ0) is 35.9. The predicted molar refractivity (Wildman–Crippen MR) is 210 cm³/mol. The van der Waals surface area contributed by atoms with Crippen LogP contribution in [-0.2, 0) is 29.7 Å². The number of allylic oxidation sites excluding steroid dienone is 8. The minimum absolute atomic E-state index is 0.0439. The molecule has 3 aromatic rings. The molecule has 3 aromatic carbocycles. The van der Waals surface area contributed by atoms with Gasteiger partial charge in [0.1, 0.15) is 0 Å². The van der Waals surface area contributed by atoms with Crippen molar-refractivity contribution in [2.75, 3.05) is 0 Å². The zero-order valence-corrected chi connectivity index (χ0v) is 34.6. The Kier molecular flexibility index (Phi) is 11.0. The van der Waals surface area contributed by atoms with Crippen molar-refractivity contribution in [1.29, 1.82) is 0 Å². The molecule has 49 heavy (non-hydrogen) atoms. The first-order chi connectivity index (χ1) is 23.0. The molecule has 0 radical (unpaired) electrons. The van der Waals surface area contributed by atoms with Crippen LogP contribution in [0.15, 0.2) is 119 Å². The Morgan fingerprint density at radius 3 is 1.78 bits per heavy atom. The van der Waals surface area contributed by atoms with Crippen LogP contribution in [0.25, 0.3) is 11.6 Å². The van der Waals surface area contributed by atoms with E-state index in [2.05, 4.69) is 186 Å². The van der Waals surface area contributed by atoms with Crippen LogP contribution < -0.4 is 10.4 Å². The molecule has 254 valence electrons. The molecular formula is C48H57Zr-. The van der Waals surface area contributed by atoms with Gasteiger partial charge >= 0.3 is 99.2 Å². The Bertz CT molecular complexity index is 1920. The second-order valence-corrected chi connectivity index (χ2v) is 18.3. The molecule has 1 heteroatoms. The van der Waals surface area contributed by atoms with Gasteiger partial charge in [-0.3, -0.25) is 0 Å². The normalized spacial score (nSPS) is 18.6. The molecule has 0 fully saturated rings. The van der Waals surface area contributed by atoms with Gasteiger partial charge in [0.15, 0.2) is 0 Å². The molecule has 0 nitrogen and oxygen atoms in total. The molecule has 0 aromatic heterocycles. The first-order valence-electron chi connectivity index (χ1n) is 18.4. The summed E-state index contributed by atoms with van der Waals surface area (Å²) < 4.78 is 1.42. The minimum atomic E-state index is -0.0439. The third-order valence-corrected chi connectivity index (χ3v) is 12.2. The van der Waals surface area contributed by atoms with Crippen molar-refractivity contribution in [3.05, 3.63) is 152 Å². The molecule has 0 spiro atoms. The van der Waals surface area contributed by atoms with E-state index in [1.807, 2.05) is 0 Å². The van der Waals surface area contributed by atoms with E-state index < -0.39 is 0 Å². The topological polar surface area (TPSA) is 0 Å². The van der Waals surface area contributed by atoms with E-state index in [-0.39, 0.29) is 16.2 Å². The molecule has 0 heterocycles. The summed E-state index contributed by atoms with van der Waals surface area (Å²) >= 11 is 1.46. The Morgan fingerprint density at radius 1 is 0.776 bits per heavy atom. The fraction of sp³-hybridized carbons (Fsp3) is 0.396. The summed E-state index contributed by atoms with van der Waals surface area (Å²) in [5.41, 5.74) is 13.1. The summed E-state index contributed by atoms with van der Waals surface area (Å²) in [5.74, 6) is 1.41. The number of rotatable bonds is 6. The molecule has 1 atom stereocenters. The molecule has 0 saturated heterocycles. The van der Waals surface area contributed by atoms with Crippen LogP contribution in [0.1, 0.15) is 118 Å². The van der Waals surface area contributed by atoms with Crippen LogP contribution in [0.2, 0.25) is 0 Å². The van der Waals surface area contributed by atoms with Gasteiger partial charge in [0.05, 0.1) is 0 Å². The maximum absolute atomic E-state index is 4.04. The van der Waals surface area contributed by atoms with Gasteiger partial charge in [0.25, 0.3) is 0 Å². The SMILES string of the molecule is CC(C)C1=CC2=c3c(C(C)C)cc(C(C)(C)C)cc3=[C-]C2=C(C2=CC=CC2)C1(C(C)C)C(C)(C)C.[Zr]=[C](c1ccccc1)c1ccccc1. The molecule has 0 N–H and O–H groups in total. The second kappa shape index (κ2) is 14.4. The monoisotopic (exact) mass is 723 g/mol. The maximum atomic E-state index is 4.04. The van der Waals surface area contributed by atoms with Gasteiger partial charge in [-0.2, -0.15) is 0 Å². The van der Waals surface area contributed by atoms with Gasteiger partial charge in [0.2, 0.25) is 0 Å². The van der Waals surface area contributed by atoms with Crippen molar-refractivity contribution >= 4 is 14.9 Å². The Hall–Kier alpha value is -2.89. The van der Waals surface area contributed by atoms with Crippen LogP contribution in [-0.4, -0.2) is 3.21 Å². The second-order valence-electron chi connectivity index (χ2n) is 17.1. The summed E-state index contributed by atoms with van der Waals surface area (Å²) in [6.07, 6.45) is 14.6. The van der Waals surface area contributed by atoms with E-state index >= 15 is 0 Å². The van der Waals surface area contributed by atoms with Gasteiger partial charge in [-0.15, -0.1) is 33.7 Å². The van der Waals surface area contributed by atoms with E-state index in [0.717, 1.165) is 6.42 Å². The van der Waals surface area contributed by atoms with E-state index in [1.54, 1.807) is 5.57 Å².